The zero-order chi connectivity index (χ0) is 31.4. The van der Waals surface area contributed by atoms with Gasteiger partial charge in [-0.1, -0.05) is 214 Å². The molecule has 0 fully saturated rings. The molecule has 0 aliphatic heterocycles. The number of benzene rings is 4. The Morgan fingerprint density at radius 2 is 0.711 bits per heavy atom. The molecule has 0 aromatic heterocycles. The van der Waals surface area contributed by atoms with E-state index in [2.05, 4.69) is 98.8 Å². The lowest BCUT2D eigenvalue weighted by atomic mass is 9.94. The minimum absolute atomic E-state index is 0.100. The number of fused-ring (bicyclic) bond motifs is 2. The van der Waals surface area contributed by atoms with Crippen molar-refractivity contribution in [3.05, 3.63) is 96.1 Å². The first kappa shape index (κ1) is 35.2. The summed E-state index contributed by atoms with van der Waals surface area (Å²) in [5.74, 6) is 0. The van der Waals surface area contributed by atoms with Crippen LogP contribution in [-0.4, -0.2) is 0 Å². The Morgan fingerprint density at radius 3 is 1.11 bits per heavy atom. The minimum atomic E-state index is 0.100. The second-order valence-corrected chi connectivity index (χ2v) is 13.5. The molecule has 4 rings (SSSR count). The minimum Gasteiger partial charge on any atom is -0.366 e. The van der Waals surface area contributed by atoms with Gasteiger partial charge in [-0.2, -0.15) is 0 Å². The zero-order valence-electron chi connectivity index (χ0n) is 28.8. The molecule has 1 heteroatoms. The van der Waals surface area contributed by atoms with Crippen LogP contribution in [0.4, 0.5) is 0 Å². The maximum absolute atomic E-state index is 7.38. The SMILES string of the molecule is CCCCCCCCCCCC(OC(CCCCCCCCCCC)c1cccc2ccccc12)c1cccc2ccccc12. The molecule has 4 aromatic carbocycles. The molecule has 0 N–H and O–H groups in total. The molecular weight excluding hydrogens is 544 g/mol. The molecule has 0 saturated heterocycles. The number of unbranched alkanes of at least 4 members (excludes halogenated alkanes) is 16. The fourth-order valence-corrected chi connectivity index (χ4v) is 7.14. The molecule has 2 atom stereocenters. The maximum Gasteiger partial charge on any atom is 0.0839 e. The van der Waals surface area contributed by atoms with Gasteiger partial charge in [0.25, 0.3) is 0 Å². The van der Waals surface area contributed by atoms with E-state index >= 15 is 0 Å². The topological polar surface area (TPSA) is 9.23 Å². The first-order valence-corrected chi connectivity index (χ1v) is 18.9. The summed E-state index contributed by atoms with van der Waals surface area (Å²) < 4.78 is 7.38. The van der Waals surface area contributed by atoms with Crippen LogP contribution in [0.15, 0.2) is 84.9 Å². The van der Waals surface area contributed by atoms with Crippen LogP contribution in [0.5, 0.6) is 0 Å². The van der Waals surface area contributed by atoms with Gasteiger partial charge in [-0.05, 0) is 45.5 Å². The first-order valence-electron chi connectivity index (χ1n) is 18.9. The highest BCUT2D eigenvalue weighted by atomic mass is 16.5. The summed E-state index contributed by atoms with van der Waals surface area (Å²) in [5, 5.41) is 5.33. The maximum atomic E-state index is 7.38. The first-order chi connectivity index (χ1) is 22.3. The van der Waals surface area contributed by atoms with E-state index in [0.29, 0.717) is 0 Å². The largest absolute Gasteiger partial charge is 0.366 e. The fraction of sp³-hybridized carbons (Fsp3) is 0.545. The van der Waals surface area contributed by atoms with Gasteiger partial charge in [-0.15, -0.1) is 0 Å². The summed E-state index contributed by atoms with van der Waals surface area (Å²) in [6.45, 7) is 4.60. The van der Waals surface area contributed by atoms with Crippen molar-refractivity contribution in [1.82, 2.24) is 0 Å². The fourth-order valence-electron chi connectivity index (χ4n) is 7.14. The lowest BCUT2D eigenvalue weighted by Gasteiger charge is -2.28. The van der Waals surface area contributed by atoms with Gasteiger partial charge in [0, 0.05) is 0 Å². The van der Waals surface area contributed by atoms with Crippen LogP contribution in [0.25, 0.3) is 21.5 Å². The Morgan fingerprint density at radius 1 is 0.378 bits per heavy atom. The van der Waals surface area contributed by atoms with Crippen molar-refractivity contribution in [2.24, 2.45) is 0 Å². The van der Waals surface area contributed by atoms with Gasteiger partial charge in [-0.25, -0.2) is 0 Å². The average molecular weight is 607 g/mol. The molecule has 0 radical (unpaired) electrons. The number of hydrogen-bond donors (Lipinski definition) is 0. The Kier molecular flexibility index (Phi) is 16.6. The molecule has 2 unspecified atom stereocenters. The van der Waals surface area contributed by atoms with Crippen molar-refractivity contribution in [2.75, 3.05) is 0 Å². The third-order valence-corrected chi connectivity index (χ3v) is 9.81. The molecule has 0 spiro atoms. The van der Waals surface area contributed by atoms with Gasteiger partial charge >= 0.3 is 0 Å². The Balaban J connectivity index is 1.47. The van der Waals surface area contributed by atoms with E-state index < -0.39 is 0 Å². The van der Waals surface area contributed by atoms with E-state index in [0.717, 1.165) is 12.8 Å². The third-order valence-electron chi connectivity index (χ3n) is 9.81. The highest BCUT2D eigenvalue weighted by Gasteiger charge is 2.23. The predicted molar refractivity (Wildman–Crippen MR) is 198 cm³/mol. The summed E-state index contributed by atoms with van der Waals surface area (Å²) in [6, 6.07) is 31.4. The summed E-state index contributed by atoms with van der Waals surface area (Å²) in [7, 11) is 0. The number of rotatable bonds is 24. The standard InChI is InChI=1S/C44H62O/c1-3-5-7-9-11-13-15-17-19-35-43(41-33-25-29-37-27-21-23-31-39(37)41)45-44(36-20-18-16-14-12-10-8-6-4-2)42-34-26-30-38-28-22-24-32-40(38)42/h21-34,43-44H,3-20,35-36H2,1-2H3. The van der Waals surface area contributed by atoms with Gasteiger partial charge in [0.15, 0.2) is 0 Å². The van der Waals surface area contributed by atoms with Crippen LogP contribution in [0.2, 0.25) is 0 Å². The molecule has 4 aromatic rings. The highest BCUT2D eigenvalue weighted by molar-refractivity contribution is 5.87. The summed E-state index contributed by atoms with van der Waals surface area (Å²) in [5.41, 5.74) is 2.73. The van der Waals surface area contributed by atoms with Crippen molar-refractivity contribution < 1.29 is 4.74 Å². The molecule has 45 heavy (non-hydrogen) atoms. The smallest absolute Gasteiger partial charge is 0.0839 e. The van der Waals surface area contributed by atoms with E-state index in [1.54, 1.807) is 0 Å². The highest BCUT2D eigenvalue weighted by Crippen LogP contribution is 2.39. The van der Waals surface area contributed by atoms with Crippen LogP contribution < -0.4 is 0 Å². The summed E-state index contributed by atoms with van der Waals surface area (Å²) in [6.07, 6.45) is 26.7. The molecule has 0 aliphatic carbocycles. The van der Waals surface area contributed by atoms with Crippen LogP contribution in [0.3, 0.4) is 0 Å². The third kappa shape index (κ3) is 11.9. The lowest BCUT2D eigenvalue weighted by molar-refractivity contribution is -0.0249. The predicted octanol–water partition coefficient (Wildman–Crippen LogP) is 14.6. The van der Waals surface area contributed by atoms with Crippen molar-refractivity contribution in [3.8, 4) is 0 Å². The second-order valence-electron chi connectivity index (χ2n) is 13.5. The average Bonchev–Trinajstić information content (AvgIpc) is 3.08. The molecule has 0 bridgehead atoms. The van der Waals surface area contributed by atoms with Gasteiger partial charge in [0.1, 0.15) is 0 Å². The van der Waals surface area contributed by atoms with Gasteiger partial charge in [0.2, 0.25) is 0 Å². The number of ether oxygens (including phenoxy) is 1. The Bertz CT molecular complexity index is 1230. The van der Waals surface area contributed by atoms with E-state index in [9.17, 15) is 0 Å². The molecule has 244 valence electrons. The van der Waals surface area contributed by atoms with Crippen LogP contribution in [-0.2, 0) is 4.74 Å². The molecule has 0 aliphatic rings. The normalized spacial score (nSPS) is 13.0. The lowest BCUT2D eigenvalue weighted by Crippen LogP contribution is -2.12. The quantitative estimate of drug-likeness (QED) is 0.0721. The molecule has 0 heterocycles. The molecule has 0 saturated carbocycles. The summed E-state index contributed by atoms with van der Waals surface area (Å²) in [4.78, 5) is 0. The summed E-state index contributed by atoms with van der Waals surface area (Å²) >= 11 is 0. The van der Waals surface area contributed by atoms with Crippen molar-refractivity contribution in [2.45, 2.75) is 154 Å². The van der Waals surface area contributed by atoms with E-state index in [1.807, 2.05) is 0 Å². The zero-order valence-corrected chi connectivity index (χ0v) is 28.8. The van der Waals surface area contributed by atoms with Gasteiger partial charge in [-0.3, -0.25) is 0 Å². The molecule has 1 nitrogen and oxygen atoms in total. The van der Waals surface area contributed by atoms with Crippen LogP contribution >= 0.6 is 0 Å². The van der Waals surface area contributed by atoms with Gasteiger partial charge < -0.3 is 4.74 Å². The molecular formula is C44H62O. The van der Waals surface area contributed by atoms with Gasteiger partial charge in [0.05, 0.1) is 12.2 Å². The Hall–Kier alpha value is -2.64. The van der Waals surface area contributed by atoms with E-state index in [4.69, 9.17) is 4.74 Å². The van der Waals surface area contributed by atoms with E-state index in [-0.39, 0.29) is 12.2 Å². The second kappa shape index (κ2) is 21.2. The monoisotopic (exact) mass is 606 g/mol. The van der Waals surface area contributed by atoms with Crippen LogP contribution in [0.1, 0.15) is 166 Å². The van der Waals surface area contributed by atoms with Crippen molar-refractivity contribution in [1.29, 1.82) is 0 Å². The van der Waals surface area contributed by atoms with Crippen LogP contribution in [0, 0.1) is 0 Å². The van der Waals surface area contributed by atoms with Crippen molar-refractivity contribution >= 4 is 21.5 Å². The molecule has 0 amide bonds. The van der Waals surface area contributed by atoms with E-state index in [1.165, 1.54) is 148 Å². The number of hydrogen-bond acceptors (Lipinski definition) is 1. The van der Waals surface area contributed by atoms with Crippen molar-refractivity contribution in [3.63, 3.8) is 0 Å². The Labute approximate surface area is 276 Å².